The van der Waals surface area contributed by atoms with Crippen LogP contribution in [0.5, 0.6) is 5.75 Å². The van der Waals surface area contributed by atoms with E-state index in [-0.39, 0.29) is 12.2 Å². The molecule has 0 unspecified atom stereocenters. The summed E-state index contributed by atoms with van der Waals surface area (Å²) in [5.41, 5.74) is 0.991. The third-order valence-electron chi connectivity index (χ3n) is 3.94. The van der Waals surface area contributed by atoms with E-state index in [0.29, 0.717) is 31.1 Å². The number of ether oxygens (including phenoxy) is 2. The molecule has 0 radical (unpaired) electrons. The van der Waals surface area contributed by atoms with Crippen LogP contribution in [0, 0.1) is 6.92 Å². The number of β-amino-alcohol motifs (C(OH)–C–C–N with tert-alkyl or cyclic N) is 1. The molecule has 1 aromatic heterocycles. The molecule has 0 saturated carbocycles. The van der Waals surface area contributed by atoms with Crippen molar-refractivity contribution in [3.63, 3.8) is 0 Å². The minimum absolute atomic E-state index is 0.193. The van der Waals surface area contributed by atoms with Crippen molar-refractivity contribution < 1.29 is 19.0 Å². The van der Waals surface area contributed by atoms with Gasteiger partial charge < -0.3 is 19.0 Å². The average molecular weight is 319 g/mol. The Bertz CT molecular complexity index is 720. The van der Waals surface area contributed by atoms with Gasteiger partial charge in [-0.1, -0.05) is 0 Å². The summed E-state index contributed by atoms with van der Waals surface area (Å²) in [6.45, 7) is 5.69. The molecule has 0 aliphatic carbocycles. The lowest BCUT2D eigenvalue weighted by Crippen LogP contribution is -2.42. The Kier molecular flexibility index (Phi) is 4.95. The predicted molar refractivity (Wildman–Crippen MR) is 86.0 cm³/mol. The maximum Gasteiger partial charge on any atom is 0.336 e. The summed E-state index contributed by atoms with van der Waals surface area (Å²) in [5, 5.41) is 11.0. The van der Waals surface area contributed by atoms with E-state index in [9.17, 15) is 9.90 Å². The van der Waals surface area contributed by atoms with Gasteiger partial charge in [-0.2, -0.15) is 0 Å². The number of fused-ring (bicyclic) bond motifs is 1. The van der Waals surface area contributed by atoms with Gasteiger partial charge in [-0.15, -0.1) is 0 Å². The van der Waals surface area contributed by atoms with Crippen LogP contribution >= 0.6 is 0 Å². The Morgan fingerprint density at radius 2 is 2.09 bits per heavy atom. The van der Waals surface area contributed by atoms with Crippen LogP contribution in [0.4, 0.5) is 0 Å². The largest absolute Gasteiger partial charge is 0.491 e. The van der Waals surface area contributed by atoms with E-state index in [2.05, 4.69) is 4.90 Å². The van der Waals surface area contributed by atoms with E-state index in [1.807, 2.05) is 19.1 Å². The Morgan fingerprint density at radius 1 is 1.30 bits per heavy atom. The number of rotatable bonds is 5. The summed E-state index contributed by atoms with van der Waals surface area (Å²) in [6.07, 6.45) is -0.576. The zero-order valence-corrected chi connectivity index (χ0v) is 13.2. The minimum Gasteiger partial charge on any atom is -0.491 e. The third kappa shape index (κ3) is 4.10. The van der Waals surface area contributed by atoms with Crippen molar-refractivity contribution in [2.45, 2.75) is 13.0 Å². The molecule has 1 aromatic carbocycles. The summed E-state index contributed by atoms with van der Waals surface area (Å²) in [4.78, 5) is 13.6. The molecule has 124 valence electrons. The van der Waals surface area contributed by atoms with Crippen molar-refractivity contribution in [2.24, 2.45) is 0 Å². The van der Waals surface area contributed by atoms with E-state index in [1.165, 1.54) is 6.07 Å². The number of benzene rings is 1. The highest BCUT2D eigenvalue weighted by atomic mass is 16.5. The van der Waals surface area contributed by atoms with Crippen molar-refractivity contribution in [2.75, 3.05) is 39.5 Å². The molecule has 0 amide bonds. The molecule has 1 atom stereocenters. The molecule has 1 aliphatic heterocycles. The molecular weight excluding hydrogens is 298 g/mol. The maximum absolute atomic E-state index is 11.4. The number of aryl methyl sites for hydroxylation is 1. The molecule has 6 heteroatoms. The molecule has 1 saturated heterocycles. The molecule has 3 rings (SSSR count). The highest BCUT2D eigenvalue weighted by Gasteiger charge is 2.15. The Hall–Kier alpha value is -1.89. The van der Waals surface area contributed by atoms with Gasteiger partial charge in [0.1, 0.15) is 24.0 Å². The number of hydrogen-bond acceptors (Lipinski definition) is 6. The lowest BCUT2D eigenvalue weighted by Gasteiger charge is -2.28. The molecule has 1 N–H and O–H groups in total. The van der Waals surface area contributed by atoms with Crippen molar-refractivity contribution in [1.82, 2.24) is 4.90 Å². The second kappa shape index (κ2) is 7.12. The number of morpholine rings is 1. The molecule has 0 bridgehead atoms. The predicted octanol–water partition coefficient (Wildman–Crippen LogP) is 1.17. The zero-order chi connectivity index (χ0) is 16.2. The molecule has 23 heavy (non-hydrogen) atoms. The van der Waals surface area contributed by atoms with Crippen LogP contribution in [0.15, 0.2) is 33.5 Å². The Labute approximate surface area is 134 Å². The first-order valence-corrected chi connectivity index (χ1v) is 7.77. The Balaban J connectivity index is 1.61. The molecule has 1 aliphatic rings. The van der Waals surface area contributed by atoms with Crippen molar-refractivity contribution in [3.8, 4) is 5.75 Å². The molecule has 2 heterocycles. The van der Waals surface area contributed by atoms with Gasteiger partial charge in [0.05, 0.1) is 13.2 Å². The summed E-state index contributed by atoms with van der Waals surface area (Å²) >= 11 is 0. The first-order valence-electron chi connectivity index (χ1n) is 7.77. The number of hydrogen-bond donors (Lipinski definition) is 1. The lowest BCUT2D eigenvalue weighted by molar-refractivity contribution is 0.00466. The fraction of sp³-hybridized carbons (Fsp3) is 0.471. The van der Waals surface area contributed by atoms with Crippen LogP contribution in [0.3, 0.4) is 0 Å². The molecule has 6 nitrogen and oxygen atoms in total. The summed E-state index contributed by atoms with van der Waals surface area (Å²) < 4.78 is 16.1. The number of aliphatic hydroxyl groups excluding tert-OH is 1. The van der Waals surface area contributed by atoms with Gasteiger partial charge in [-0.25, -0.2) is 4.79 Å². The molecule has 2 aromatic rings. The second-order valence-corrected chi connectivity index (χ2v) is 5.78. The highest BCUT2D eigenvalue weighted by molar-refractivity contribution is 5.81. The standard InChI is InChI=1S/C17H21NO5/c1-12-8-17(20)23-16-9-14(2-3-15(12)16)22-11-13(19)10-18-4-6-21-7-5-18/h2-3,8-9,13,19H,4-7,10-11H2,1H3/t13-/m1/s1. The van der Waals surface area contributed by atoms with Gasteiger partial charge in [-0.3, -0.25) is 4.90 Å². The first kappa shape index (κ1) is 16.0. The van der Waals surface area contributed by atoms with Gasteiger partial charge in [0.25, 0.3) is 0 Å². The van der Waals surface area contributed by atoms with E-state index >= 15 is 0 Å². The van der Waals surface area contributed by atoms with Gasteiger partial charge in [0, 0.05) is 37.2 Å². The maximum atomic E-state index is 11.4. The van der Waals surface area contributed by atoms with Crippen LogP contribution in [0.1, 0.15) is 5.56 Å². The summed E-state index contributed by atoms with van der Waals surface area (Å²) in [5.74, 6) is 0.576. The van der Waals surface area contributed by atoms with Crippen molar-refractivity contribution in [1.29, 1.82) is 0 Å². The van der Waals surface area contributed by atoms with Crippen LogP contribution in [-0.2, 0) is 4.74 Å². The quantitative estimate of drug-likeness (QED) is 0.834. The molecular formula is C17H21NO5. The zero-order valence-electron chi connectivity index (χ0n) is 13.2. The molecule has 1 fully saturated rings. The van der Waals surface area contributed by atoms with Crippen LogP contribution in [-0.4, -0.2) is 55.6 Å². The van der Waals surface area contributed by atoms with Crippen molar-refractivity contribution >= 4 is 11.0 Å². The topological polar surface area (TPSA) is 72.1 Å². The van der Waals surface area contributed by atoms with Gasteiger partial charge in [0.15, 0.2) is 0 Å². The van der Waals surface area contributed by atoms with Crippen molar-refractivity contribution in [3.05, 3.63) is 40.2 Å². The van der Waals surface area contributed by atoms with Gasteiger partial charge in [-0.05, 0) is 24.6 Å². The average Bonchev–Trinajstić information content (AvgIpc) is 2.53. The SMILES string of the molecule is Cc1cc(=O)oc2cc(OC[C@H](O)CN3CCOCC3)ccc12. The van der Waals surface area contributed by atoms with Gasteiger partial charge in [0.2, 0.25) is 0 Å². The van der Waals surface area contributed by atoms with E-state index in [0.717, 1.165) is 24.0 Å². The van der Waals surface area contributed by atoms with E-state index < -0.39 is 6.10 Å². The fourth-order valence-electron chi connectivity index (χ4n) is 2.72. The summed E-state index contributed by atoms with van der Waals surface area (Å²) in [6, 6.07) is 6.83. The van der Waals surface area contributed by atoms with Crippen LogP contribution < -0.4 is 10.4 Å². The third-order valence-corrected chi connectivity index (χ3v) is 3.94. The fourth-order valence-corrected chi connectivity index (χ4v) is 2.72. The minimum atomic E-state index is -0.576. The van der Waals surface area contributed by atoms with E-state index in [4.69, 9.17) is 13.9 Å². The first-order chi connectivity index (χ1) is 11.1. The highest BCUT2D eigenvalue weighted by Crippen LogP contribution is 2.22. The van der Waals surface area contributed by atoms with Crippen LogP contribution in [0.25, 0.3) is 11.0 Å². The number of nitrogens with zero attached hydrogens (tertiary/aromatic N) is 1. The number of aliphatic hydroxyl groups is 1. The molecule has 0 spiro atoms. The smallest absolute Gasteiger partial charge is 0.336 e. The monoisotopic (exact) mass is 319 g/mol. The summed E-state index contributed by atoms with van der Waals surface area (Å²) in [7, 11) is 0. The Morgan fingerprint density at radius 3 is 2.87 bits per heavy atom. The lowest BCUT2D eigenvalue weighted by atomic mass is 10.1. The normalized spacial score (nSPS) is 17.3. The van der Waals surface area contributed by atoms with E-state index in [1.54, 1.807) is 6.07 Å². The van der Waals surface area contributed by atoms with Gasteiger partial charge >= 0.3 is 5.63 Å². The second-order valence-electron chi connectivity index (χ2n) is 5.78. The van der Waals surface area contributed by atoms with Crippen LogP contribution in [0.2, 0.25) is 0 Å².